The third-order valence-corrected chi connectivity index (χ3v) is 8.25. The van der Waals surface area contributed by atoms with Crippen LogP contribution >= 0.6 is 35.3 Å². The van der Waals surface area contributed by atoms with E-state index in [4.69, 9.17) is 4.74 Å². The van der Waals surface area contributed by atoms with Crippen LogP contribution in [0.5, 0.6) is 11.5 Å². The number of fused-ring (bicyclic) bond motifs is 2. The molecule has 10 heteroatoms. The van der Waals surface area contributed by atoms with E-state index in [1.807, 2.05) is 83.8 Å². The Labute approximate surface area is 249 Å². The average Bonchev–Trinajstić information content (AvgIpc) is 3.67. The van der Waals surface area contributed by atoms with Crippen LogP contribution in [0, 0.1) is 22.7 Å². The molecule has 2 heterocycles. The molecule has 200 valence electrons. The molecule has 41 heavy (non-hydrogen) atoms. The molecule has 4 aromatic carbocycles. The van der Waals surface area contributed by atoms with Gasteiger partial charge in [0.1, 0.15) is 11.5 Å². The highest BCUT2D eigenvalue weighted by Gasteiger charge is 2.18. The van der Waals surface area contributed by atoms with Gasteiger partial charge in [0.2, 0.25) is 0 Å². The van der Waals surface area contributed by atoms with E-state index in [0.29, 0.717) is 22.6 Å². The number of hydrogen-bond donors (Lipinski definition) is 1. The number of ether oxygens (including phenoxy) is 1. The molecule has 0 atom stereocenters. The molecule has 0 aliphatic carbocycles. The summed E-state index contributed by atoms with van der Waals surface area (Å²) in [6, 6.07) is 27.1. The maximum absolute atomic E-state index is 9.93. The Balaban J connectivity index is 0.000000511. The van der Waals surface area contributed by atoms with Crippen molar-refractivity contribution in [2.24, 2.45) is 0 Å². The highest BCUT2D eigenvalue weighted by atomic mass is 32.1. The molecular weight excluding hydrogens is 571 g/mol. The summed E-state index contributed by atoms with van der Waals surface area (Å²) >= 11 is 6.59. The van der Waals surface area contributed by atoms with Gasteiger partial charge in [-0.2, -0.15) is 10.5 Å². The first-order valence-corrected chi connectivity index (χ1v) is 14.4. The number of rotatable bonds is 4. The lowest BCUT2D eigenvalue weighted by molar-refractivity contribution is 0.241. The molecule has 0 saturated heterocycles. The van der Waals surface area contributed by atoms with Crippen LogP contribution < -0.4 is 4.74 Å². The number of nitrogens with zero attached hydrogens (tertiary/aromatic N) is 5. The fourth-order valence-corrected chi connectivity index (χ4v) is 5.78. The van der Waals surface area contributed by atoms with Crippen molar-refractivity contribution >= 4 is 61.0 Å². The summed E-state index contributed by atoms with van der Waals surface area (Å²) in [6.45, 7) is 0. The Morgan fingerprint density at radius 2 is 1.12 bits per heavy atom. The summed E-state index contributed by atoms with van der Waals surface area (Å²) < 4.78 is 8.68. The van der Waals surface area contributed by atoms with Gasteiger partial charge >= 0.3 is 0 Å². The number of carbonyl (C=O) groups is 1. The molecule has 6 aromatic rings. The first-order chi connectivity index (χ1) is 19.9. The van der Waals surface area contributed by atoms with Crippen LogP contribution in [0.4, 0.5) is 4.79 Å². The zero-order chi connectivity index (χ0) is 28.9. The number of amides is 1. The number of thiazole rings is 2. The molecule has 0 N–H and O–H groups in total. The highest BCUT2D eigenvalue weighted by Crippen LogP contribution is 2.45. The SMILES string of the molecule is CN(C)C(=O)S.N#Cc1ccc(-c2c(Oc3ccc4ncsc4c3-c3ccc(C#N)cc3)ccc3ncsc23)cc1. The first kappa shape index (κ1) is 27.8. The fourth-order valence-electron chi connectivity index (χ4n) is 4.08. The van der Waals surface area contributed by atoms with Crippen molar-refractivity contribution in [1.29, 1.82) is 10.5 Å². The Kier molecular flexibility index (Phi) is 8.27. The summed E-state index contributed by atoms with van der Waals surface area (Å²) in [5.74, 6) is 1.40. The lowest BCUT2D eigenvalue weighted by Gasteiger charge is -2.16. The van der Waals surface area contributed by atoms with Gasteiger partial charge in [-0.05, 0) is 59.7 Å². The zero-order valence-electron chi connectivity index (χ0n) is 21.9. The van der Waals surface area contributed by atoms with Gasteiger partial charge in [-0.25, -0.2) is 9.97 Å². The van der Waals surface area contributed by atoms with Gasteiger partial charge in [-0.15, -0.1) is 22.7 Å². The van der Waals surface area contributed by atoms with Crippen LogP contribution in [-0.4, -0.2) is 34.2 Å². The van der Waals surface area contributed by atoms with E-state index in [1.165, 1.54) is 4.90 Å². The van der Waals surface area contributed by atoms with Crippen LogP contribution in [-0.2, 0) is 0 Å². The third kappa shape index (κ3) is 5.91. The Bertz CT molecular complexity index is 1810. The molecule has 1 amide bonds. The quantitative estimate of drug-likeness (QED) is 0.207. The molecule has 0 bridgehead atoms. The predicted molar refractivity (Wildman–Crippen MR) is 168 cm³/mol. The van der Waals surface area contributed by atoms with Crippen molar-refractivity contribution in [3.63, 3.8) is 0 Å². The summed E-state index contributed by atoms with van der Waals surface area (Å²) in [5.41, 5.74) is 10.4. The Morgan fingerprint density at radius 3 is 1.46 bits per heavy atom. The number of nitriles is 2. The Hall–Kier alpha value is -4.74. The summed E-state index contributed by atoms with van der Waals surface area (Å²) in [4.78, 5) is 20.3. The molecule has 0 spiro atoms. The van der Waals surface area contributed by atoms with Gasteiger partial charge in [0.25, 0.3) is 5.24 Å². The molecule has 2 aromatic heterocycles. The van der Waals surface area contributed by atoms with E-state index < -0.39 is 0 Å². The highest BCUT2D eigenvalue weighted by molar-refractivity contribution is 7.96. The van der Waals surface area contributed by atoms with Crippen LogP contribution in [0.1, 0.15) is 11.1 Å². The van der Waals surface area contributed by atoms with Crippen molar-refractivity contribution in [1.82, 2.24) is 14.9 Å². The third-order valence-electron chi connectivity index (χ3n) is 6.13. The lowest BCUT2D eigenvalue weighted by Crippen LogP contribution is -2.13. The van der Waals surface area contributed by atoms with E-state index in [2.05, 4.69) is 34.7 Å². The maximum Gasteiger partial charge on any atom is 0.278 e. The van der Waals surface area contributed by atoms with Crippen molar-refractivity contribution in [3.05, 3.63) is 94.9 Å². The maximum atomic E-state index is 9.93. The van der Waals surface area contributed by atoms with Gasteiger partial charge in [0.05, 0.1) is 54.7 Å². The summed E-state index contributed by atoms with van der Waals surface area (Å²) in [6.07, 6.45) is 0. The Morgan fingerprint density at radius 1 is 0.732 bits per heavy atom. The van der Waals surface area contributed by atoms with Crippen LogP contribution in [0.3, 0.4) is 0 Å². The van der Waals surface area contributed by atoms with Gasteiger partial charge in [-0.3, -0.25) is 4.79 Å². The number of carbonyl (C=O) groups excluding carboxylic acids is 1. The molecule has 0 unspecified atom stereocenters. The van der Waals surface area contributed by atoms with Crippen LogP contribution in [0.15, 0.2) is 83.8 Å². The first-order valence-electron chi connectivity index (χ1n) is 12.2. The van der Waals surface area contributed by atoms with E-state index in [1.54, 1.807) is 36.8 Å². The standard InChI is InChI=1S/C28H14N4OS2.C3H7NOS/c29-13-17-1-5-19(6-2-17)25-23(11-9-21-27(25)34-15-31-21)33-24-12-10-22-28(35-16-32-22)26(24)20-7-3-18(14-30)4-8-20;1-4(2)3(5)6/h1-12,15-16H;1-2H3,(H,5,6). The van der Waals surface area contributed by atoms with Crippen LogP contribution in [0.2, 0.25) is 0 Å². The van der Waals surface area contributed by atoms with E-state index in [-0.39, 0.29) is 5.24 Å². The minimum absolute atomic E-state index is 0.213. The second-order valence-electron chi connectivity index (χ2n) is 8.94. The van der Waals surface area contributed by atoms with E-state index >= 15 is 0 Å². The van der Waals surface area contributed by atoms with Crippen molar-refractivity contribution in [3.8, 4) is 45.9 Å². The number of aromatic nitrogens is 2. The van der Waals surface area contributed by atoms with E-state index in [0.717, 1.165) is 42.7 Å². The average molecular weight is 592 g/mol. The van der Waals surface area contributed by atoms with Crippen molar-refractivity contribution in [2.45, 2.75) is 0 Å². The molecular formula is C31H21N5O2S3. The predicted octanol–water partition coefficient (Wildman–Crippen LogP) is 8.37. The molecule has 0 radical (unpaired) electrons. The molecule has 0 aliphatic heterocycles. The largest absolute Gasteiger partial charge is 0.456 e. The zero-order valence-corrected chi connectivity index (χ0v) is 24.4. The molecule has 0 saturated carbocycles. The second-order valence-corrected chi connectivity index (χ2v) is 11.0. The number of benzene rings is 4. The van der Waals surface area contributed by atoms with Gasteiger partial charge < -0.3 is 9.64 Å². The summed E-state index contributed by atoms with van der Waals surface area (Å²) in [7, 11) is 3.30. The molecule has 0 aliphatic rings. The monoisotopic (exact) mass is 591 g/mol. The molecule has 7 nitrogen and oxygen atoms in total. The summed E-state index contributed by atoms with van der Waals surface area (Å²) in [5, 5.41) is 18.2. The molecule has 6 rings (SSSR count). The second kappa shape index (κ2) is 12.2. The number of thiol groups is 1. The molecule has 0 fully saturated rings. The lowest BCUT2D eigenvalue weighted by atomic mass is 10.0. The minimum atomic E-state index is -0.213. The van der Waals surface area contributed by atoms with Gasteiger partial charge in [0, 0.05) is 25.2 Å². The van der Waals surface area contributed by atoms with Crippen molar-refractivity contribution < 1.29 is 9.53 Å². The van der Waals surface area contributed by atoms with Crippen LogP contribution in [0.25, 0.3) is 42.7 Å². The van der Waals surface area contributed by atoms with Gasteiger partial charge in [0.15, 0.2) is 0 Å². The van der Waals surface area contributed by atoms with Crippen molar-refractivity contribution in [2.75, 3.05) is 14.1 Å². The number of hydrogen-bond acceptors (Lipinski definition) is 8. The van der Waals surface area contributed by atoms with E-state index in [9.17, 15) is 15.3 Å². The van der Waals surface area contributed by atoms with Gasteiger partial charge in [-0.1, -0.05) is 36.9 Å². The normalized spacial score (nSPS) is 10.4. The minimum Gasteiger partial charge on any atom is -0.456 e. The topological polar surface area (TPSA) is 103 Å². The smallest absolute Gasteiger partial charge is 0.278 e. The fraction of sp³-hybridized carbons (Fsp3) is 0.0645.